The molecule has 0 aliphatic heterocycles. The fraction of sp³-hybridized carbons (Fsp3) is 0.692. The third kappa shape index (κ3) is 5.88. The Morgan fingerprint density at radius 3 is 2.75 bits per heavy atom. The van der Waals surface area contributed by atoms with Gasteiger partial charge in [-0.2, -0.15) is 0 Å². The second-order valence-electron chi connectivity index (χ2n) is 4.58. The van der Waals surface area contributed by atoms with Crippen molar-refractivity contribution in [2.45, 2.75) is 44.0 Å². The van der Waals surface area contributed by atoms with E-state index in [0.717, 1.165) is 17.8 Å². The van der Waals surface area contributed by atoms with Gasteiger partial charge in [-0.15, -0.1) is 11.3 Å². The lowest BCUT2D eigenvalue weighted by molar-refractivity contribution is 0.133. The van der Waals surface area contributed by atoms with Gasteiger partial charge in [-0.25, -0.2) is 13.1 Å². The number of hydrogen-bond donors (Lipinski definition) is 2. The molecule has 0 radical (unpaired) electrons. The van der Waals surface area contributed by atoms with Gasteiger partial charge < -0.3 is 10.1 Å². The maximum atomic E-state index is 12.2. The van der Waals surface area contributed by atoms with Crippen LogP contribution < -0.4 is 10.0 Å². The molecule has 1 unspecified atom stereocenters. The number of ether oxygens (including phenoxy) is 1. The minimum absolute atomic E-state index is 0.233. The Hall–Kier alpha value is -0.470. The molecule has 2 N–H and O–H groups in total. The smallest absolute Gasteiger partial charge is 0.250 e. The van der Waals surface area contributed by atoms with E-state index in [9.17, 15) is 8.42 Å². The van der Waals surface area contributed by atoms with Gasteiger partial charge in [0.05, 0.1) is 6.61 Å². The lowest BCUT2D eigenvalue weighted by Gasteiger charge is -2.12. The summed E-state index contributed by atoms with van der Waals surface area (Å²) in [5, 5.41) is 3.26. The zero-order valence-corrected chi connectivity index (χ0v) is 13.9. The molecule has 0 saturated carbocycles. The van der Waals surface area contributed by atoms with E-state index in [0.29, 0.717) is 24.0 Å². The Labute approximate surface area is 125 Å². The normalized spacial score (nSPS) is 13.6. The largest absolute Gasteiger partial charge is 0.380 e. The van der Waals surface area contributed by atoms with Crippen LogP contribution in [-0.2, 0) is 21.3 Å². The van der Waals surface area contributed by atoms with E-state index in [1.165, 1.54) is 11.3 Å². The highest BCUT2D eigenvalue weighted by atomic mass is 32.2. The molecule has 0 spiro atoms. The monoisotopic (exact) mass is 320 g/mol. The summed E-state index contributed by atoms with van der Waals surface area (Å²) in [4.78, 5) is 1.02. The summed E-state index contributed by atoms with van der Waals surface area (Å²) in [5.41, 5.74) is 0. The molecule has 0 saturated heterocycles. The third-order valence-corrected chi connectivity index (χ3v) is 5.72. The van der Waals surface area contributed by atoms with Crippen molar-refractivity contribution in [3.05, 3.63) is 17.0 Å². The molecule has 1 rings (SSSR count). The zero-order valence-electron chi connectivity index (χ0n) is 12.3. The molecular weight excluding hydrogens is 296 g/mol. The predicted molar refractivity (Wildman–Crippen MR) is 82.6 cm³/mol. The molecule has 5 nitrogen and oxygen atoms in total. The number of sulfonamides is 1. The molecule has 1 aromatic rings. The summed E-state index contributed by atoms with van der Waals surface area (Å²) in [6, 6.07) is 3.28. The van der Waals surface area contributed by atoms with E-state index in [4.69, 9.17) is 4.74 Å². The van der Waals surface area contributed by atoms with Gasteiger partial charge in [0.15, 0.2) is 0 Å². The predicted octanol–water partition coefficient (Wildman–Crippen LogP) is 1.95. The number of thiophene rings is 1. The van der Waals surface area contributed by atoms with E-state index in [-0.39, 0.29) is 6.04 Å². The van der Waals surface area contributed by atoms with Crippen molar-refractivity contribution in [3.8, 4) is 0 Å². The van der Waals surface area contributed by atoms with E-state index < -0.39 is 10.0 Å². The highest BCUT2D eigenvalue weighted by Crippen LogP contribution is 2.21. The summed E-state index contributed by atoms with van der Waals surface area (Å²) in [5.74, 6) is 0. The fourth-order valence-corrected chi connectivity index (χ4v) is 4.21. The standard InChI is InChI=1S/C13H24N2O3S2/c1-4-8-14-9-12-6-7-13(19-12)20(16,17)15-11(3)10-18-5-2/h6-7,11,14-15H,4-5,8-10H2,1-3H3. The van der Waals surface area contributed by atoms with Gasteiger partial charge in [0.25, 0.3) is 0 Å². The van der Waals surface area contributed by atoms with E-state index in [1.54, 1.807) is 13.0 Å². The van der Waals surface area contributed by atoms with Gasteiger partial charge in [-0.05, 0) is 38.9 Å². The van der Waals surface area contributed by atoms with Gasteiger partial charge in [0, 0.05) is 24.1 Å². The first-order valence-electron chi connectivity index (χ1n) is 6.89. The molecule has 0 aliphatic rings. The van der Waals surface area contributed by atoms with Crippen LogP contribution in [0, 0.1) is 0 Å². The van der Waals surface area contributed by atoms with E-state index in [2.05, 4.69) is 17.0 Å². The topological polar surface area (TPSA) is 67.4 Å². The summed E-state index contributed by atoms with van der Waals surface area (Å²) >= 11 is 1.30. The van der Waals surface area contributed by atoms with Gasteiger partial charge in [-0.3, -0.25) is 0 Å². The van der Waals surface area contributed by atoms with Crippen molar-refractivity contribution in [1.29, 1.82) is 0 Å². The molecular formula is C13H24N2O3S2. The summed E-state index contributed by atoms with van der Waals surface area (Å²) in [6.45, 7) is 8.39. The van der Waals surface area contributed by atoms with Crippen LogP contribution in [0.1, 0.15) is 32.1 Å². The van der Waals surface area contributed by atoms with E-state index >= 15 is 0 Å². The first kappa shape index (κ1) is 17.6. The molecule has 0 amide bonds. The van der Waals surface area contributed by atoms with Crippen LogP contribution in [0.4, 0.5) is 0 Å². The third-order valence-electron chi connectivity index (χ3n) is 2.56. The van der Waals surface area contributed by atoms with Crippen molar-refractivity contribution in [2.75, 3.05) is 19.8 Å². The minimum Gasteiger partial charge on any atom is -0.380 e. The SMILES string of the molecule is CCCNCc1ccc(S(=O)(=O)NC(C)COCC)s1. The Kier molecular flexibility index (Phi) is 7.68. The molecule has 1 aromatic heterocycles. The molecule has 20 heavy (non-hydrogen) atoms. The second-order valence-corrected chi connectivity index (χ2v) is 7.69. The average Bonchev–Trinajstić information content (AvgIpc) is 2.86. The Balaban J connectivity index is 2.59. The lowest BCUT2D eigenvalue weighted by atomic mass is 10.4. The Bertz CT molecular complexity index is 486. The van der Waals surface area contributed by atoms with Crippen LogP contribution in [0.5, 0.6) is 0 Å². The van der Waals surface area contributed by atoms with Gasteiger partial charge in [0.2, 0.25) is 10.0 Å². The molecule has 1 atom stereocenters. The van der Waals surface area contributed by atoms with Crippen molar-refractivity contribution in [2.24, 2.45) is 0 Å². The first-order chi connectivity index (χ1) is 9.49. The van der Waals surface area contributed by atoms with Crippen molar-refractivity contribution >= 4 is 21.4 Å². The zero-order chi connectivity index (χ0) is 15.0. The molecule has 0 aromatic carbocycles. The van der Waals surface area contributed by atoms with Crippen molar-refractivity contribution < 1.29 is 13.2 Å². The Morgan fingerprint density at radius 1 is 1.35 bits per heavy atom. The van der Waals surface area contributed by atoms with Crippen LogP contribution >= 0.6 is 11.3 Å². The molecule has 1 heterocycles. The molecule has 0 bridgehead atoms. The molecule has 7 heteroatoms. The lowest BCUT2D eigenvalue weighted by Crippen LogP contribution is -2.35. The van der Waals surface area contributed by atoms with Crippen molar-refractivity contribution in [3.63, 3.8) is 0 Å². The second kappa shape index (κ2) is 8.74. The summed E-state index contributed by atoms with van der Waals surface area (Å²) in [6.07, 6.45) is 1.06. The quantitative estimate of drug-likeness (QED) is 0.647. The van der Waals surface area contributed by atoms with E-state index in [1.807, 2.05) is 13.0 Å². The highest BCUT2D eigenvalue weighted by Gasteiger charge is 2.19. The van der Waals surface area contributed by atoms with Crippen LogP contribution in [0.2, 0.25) is 0 Å². The number of rotatable bonds is 10. The van der Waals surface area contributed by atoms with Gasteiger partial charge >= 0.3 is 0 Å². The average molecular weight is 320 g/mol. The number of nitrogens with one attached hydrogen (secondary N) is 2. The molecule has 0 fully saturated rings. The maximum absolute atomic E-state index is 12.2. The maximum Gasteiger partial charge on any atom is 0.250 e. The number of hydrogen-bond acceptors (Lipinski definition) is 5. The molecule has 116 valence electrons. The summed E-state index contributed by atoms with van der Waals surface area (Å²) < 4.78 is 32.5. The highest BCUT2D eigenvalue weighted by molar-refractivity contribution is 7.91. The molecule has 0 aliphatic carbocycles. The van der Waals surface area contributed by atoms with Crippen LogP contribution in [0.15, 0.2) is 16.3 Å². The van der Waals surface area contributed by atoms with Crippen LogP contribution in [0.3, 0.4) is 0 Å². The van der Waals surface area contributed by atoms with Gasteiger partial charge in [-0.1, -0.05) is 6.92 Å². The minimum atomic E-state index is -3.44. The van der Waals surface area contributed by atoms with Crippen LogP contribution in [-0.4, -0.2) is 34.2 Å². The Morgan fingerprint density at radius 2 is 2.10 bits per heavy atom. The first-order valence-corrected chi connectivity index (χ1v) is 9.19. The summed E-state index contributed by atoms with van der Waals surface area (Å²) in [7, 11) is -3.44. The van der Waals surface area contributed by atoms with Gasteiger partial charge in [0.1, 0.15) is 4.21 Å². The van der Waals surface area contributed by atoms with Crippen molar-refractivity contribution in [1.82, 2.24) is 10.0 Å². The fourth-order valence-electron chi connectivity index (χ4n) is 1.64. The van der Waals surface area contributed by atoms with Crippen LogP contribution in [0.25, 0.3) is 0 Å².